The van der Waals surface area contributed by atoms with Crippen molar-refractivity contribution in [2.45, 2.75) is 6.54 Å². The number of amides is 1. The summed E-state index contributed by atoms with van der Waals surface area (Å²) in [5.41, 5.74) is 1.41. The average Bonchev–Trinajstić information content (AvgIpc) is 2.62. The fraction of sp³-hybridized carbons (Fsp3) is 0.158. The maximum Gasteiger partial charge on any atom is 0.259 e. The first-order chi connectivity index (χ1) is 11.7. The van der Waals surface area contributed by atoms with E-state index in [1.54, 1.807) is 18.2 Å². The third-order valence-electron chi connectivity index (χ3n) is 3.89. The van der Waals surface area contributed by atoms with Gasteiger partial charge in [0.15, 0.2) is 0 Å². The van der Waals surface area contributed by atoms with Crippen LogP contribution in [0.25, 0.3) is 10.9 Å². The van der Waals surface area contributed by atoms with Gasteiger partial charge in [-0.15, -0.1) is 0 Å². The molecule has 2 N–H and O–H groups in total. The number of pyridine rings is 1. The van der Waals surface area contributed by atoms with E-state index in [4.69, 9.17) is 0 Å². The van der Waals surface area contributed by atoms with Gasteiger partial charge >= 0.3 is 0 Å². The fourth-order valence-corrected chi connectivity index (χ4v) is 2.67. The van der Waals surface area contributed by atoms with E-state index in [-0.39, 0.29) is 30.1 Å². The quantitative estimate of drug-likeness (QED) is 0.756. The molecule has 5 nitrogen and oxygen atoms in total. The number of aromatic nitrogens is 1. The van der Waals surface area contributed by atoms with Crippen molar-refractivity contribution in [1.29, 1.82) is 0 Å². The molecule has 0 radical (unpaired) electrons. The summed E-state index contributed by atoms with van der Waals surface area (Å²) in [4.78, 5) is 29.9. The second kappa shape index (κ2) is 7.10. The van der Waals surface area contributed by atoms with Crippen LogP contribution in [0.5, 0.6) is 0 Å². The zero-order valence-corrected chi connectivity index (χ0v) is 13.1. The second-order valence-electron chi connectivity index (χ2n) is 5.51. The molecule has 1 amide bonds. The first-order valence-corrected chi connectivity index (χ1v) is 7.75. The Morgan fingerprint density at radius 3 is 2.50 bits per heavy atom. The van der Waals surface area contributed by atoms with E-state index in [0.717, 1.165) is 5.56 Å². The lowest BCUT2D eigenvalue weighted by Gasteiger charge is -2.21. The Hall–Kier alpha value is -2.92. The number of fused-ring (bicyclic) bond motifs is 1. The zero-order valence-electron chi connectivity index (χ0n) is 13.1. The predicted octanol–water partition coefficient (Wildman–Crippen LogP) is 2.16. The summed E-state index contributed by atoms with van der Waals surface area (Å²) >= 11 is 0. The van der Waals surface area contributed by atoms with E-state index in [1.165, 1.54) is 11.1 Å². The van der Waals surface area contributed by atoms with Crippen molar-refractivity contribution in [3.8, 4) is 0 Å². The molecule has 3 aromatic rings. The molecule has 1 heterocycles. The van der Waals surface area contributed by atoms with Gasteiger partial charge < -0.3 is 15.0 Å². The lowest BCUT2D eigenvalue weighted by molar-refractivity contribution is 0.0706. The molecule has 0 bridgehead atoms. The third kappa shape index (κ3) is 3.21. The highest BCUT2D eigenvalue weighted by Crippen LogP contribution is 2.11. The molecule has 3 rings (SSSR count). The van der Waals surface area contributed by atoms with E-state index in [1.807, 2.05) is 36.4 Å². The molecule has 0 aliphatic heterocycles. The van der Waals surface area contributed by atoms with Crippen LogP contribution < -0.4 is 5.43 Å². The summed E-state index contributed by atoms with van der Waals surface area (Å²) in [6, 6.07) is 16.6. The minimum atomic E-state index is -0.389. The monoisotopic (exact) mass is 322 g/mol. The highest BCUT2D eigenvalue weighted by Gasteiger charge is 2.19. The van der Waals surface area contributed by atoms with Crippen LogP contribution in [0.2, 0.25) is 0 Å². The number of hydrogen-bond acceptors (Lipinski definition) is 3. The van der Waals surface area contributed by atoms with Gasteiger partial charge in [0.25, 0.3) is 5.91 Å². The maximum absolute atomic E-state index is 12.8. The predicted molar refractivity (Wildman–Crippen MR) is 92.8 cm³/mol. The number of para-hydroxylation sites is 1. The third-order valence-corrected chi connectivity index (χ3v) is 3.89. The topological polar surface area (TPSA) is 73.4 Å². The number of hydrogen-bond donors (Lipinski definition) is 2. The standard InChI is InChI=1S/C19H18N2O3/c22-11-10-21(13-14-6-2-1-3-7-14)19(24)16-12-20-17-9-5-4-8-15(17)18(16)23/h1-9,12,22H,10-11,13H2,(H,20,23). The molecule has 1 aromatic heterocycles. The second-order valence-corrected chi connectivity index (χ2v) is 5.51. The van der Waals surface area contributed by atoms with Crippen molar-refractivity contribution in [3.05, 3.63) is 82.1 Å². The first-order valence-electron chi connectivity index (χ1n) is 7.75. The summed E-state index contributed by atoms with van der Waals surface area (Å²) < 4.78 is 0. The van der Waals surface area contributed by atoms with Crippen LogP contribution in [0, 0.1) is 0 Å². The van der Waals surface area contributed by atoms with Crippen LogP contribution >= 0.6 is 0 Å². The number of nitrogens with zero attached hydrogens (tertiary/aromatic N) is 1. The van der Waals surface area contributed by atoms with Gasteiger partial charge in [-0.05, 0) is 17.7 Å². The number of nitrogens with one attached hydrogen (secondary N) is 1. The number of aliphatic hydroxyl groups is 1. The van der Waals surface area contributed by atoms with Crippen molar-refractivity contribution >= 4 is 16.8 Å². The van der Waals surface area contributed by atoms with E-state index in [0.29, 0.717) is 17.4 Å². The lowest BCUT2D eigenvalue weighted by atomic mass is 10.1. The lowest BCUT2D eigenvalue weighted by Crippen LogP contribution is -2.36. The highest BCUT2D eigenvalue weighted by atomic mass is 16.3. The van der Waals surface area contributed by atoms with Crippen LogP contribution in [0.1, 0.15) is 15.9 Å². The molecule has 0 saturated heterocycles. The molecule has 2 aromatic carbocycles. The van der Waals surface area contributed by atoms with Crippen molar-refractivity contribution in [2.75, 3.05) is 13.2 Å². The number of benzene rings is 2. The Balaban J connectivity index is 1.95. The number of carbonyl (C=O) groups is 1. The Morgan fingerprint density at radius 2 is 1.75 bits per heavy atom. The molecule has 0 unspecified atom stereocenters. The fourth-order valence-electron chi connectivity index (χ4n) is 2.67. The number of rotatable bonds is 5. The molecule has 24 heavy (non-hydrogen) atoms. The number of aliphatic hydroxyl groups excluding tert-OH is 1. The van der Waals surface area contributed by atoms with Crippen molar-refractivity contribution in [1.82, 2.24) is 9.88 Å². The maximum atomic E-state index is 12.8. The summed E-state index contributed by atoms with van der Waals surface area (Å²) in [7, 11) is 0. The van der Waals surface area contributed by atoms with Crippen LogP contribution in [-0.4, -0.2) is 34.0 Å². The number of carbonyl (C=O) groups excluding carboxylic acids is 1. The van der Waals surface area contributed by atoms with Crippen molar-refractivity contribution in [2.24, 2.45) is 0 Å². The van der Waals surface area contributed by atoms with Crippen LogP contribution in [-0.2, 0) is 6.54 Å². The molecule has 0 saturated carbocycles. The van der Waals surface area contributed by atoms with Crippen LogP contribution in [0.4, 0.5) is 0 Å². The Labute approximate surface area is 139 Å². The molecular formula is C19H18N2O3. The van der Waals surface area contributed by atoms with Crippen molar-refractivity contribution in [3.63, 3.8) is 0 Å². The largest absolute Gasteiger partial charge is 0.395 e. The Kier molecular flexibility index (Phi) is 4.72. The molecular weight excluding hydrogens is 304 g/mol. The SMILES string of the molecule is O=C(c1c[nH]c2ccccc2c1=O)N(CCO)Cc1ccccc1. The van der Waals surface area contributed by atoms with Gasteiger partial charge in [0.2, 0.25) is 5.43 Å². The smallest absolute Gasteiger partial charge is 0.259 e. The average molecular weight is 322 g/mol. The van der Waals surface area contributed by atoms with Gasteiger partial charge in [-0.25, -0.2) is 0 Å². The molecule has 0 aliphatic carbocycles. The molecule has 5 heteroatoms. The van der Waals surface area contributed by atoms with E-state index in [9.17, 15) is 14.7 Å². The van der Waals surface area contributed by atoms with E-state index < -0.39 is 0 Å². The van der Waals surface area contributed by atoms with Crippen LogP contribution in [0.15, 0.2) is 65.6 Å². The minimum Gasteiger partial charge on any atom is -0.395 e. The number of aromatic amines is 1. The summed E-state index contributed by atoms with van der Waals surface area (Å²) in [5.74, 6) is -0.389. The van der Waals surface area contributed by atoms with E-state index >= 15 is 0 Å². The molecule has 0 spiro atoms. The highest BCUT2D eigenvalue weighted by molar-refractivity contribution is 5.97. The number of H-pyrrole nitrogens is 1. The van der Waals surface area contributed by atoms with Crippen molar-refractivity contribution < 1.29 is 9.90 Å². The Bertz CT molecular complexity index is 903. The normalized spacial score (nSPS) is 10.7. The Morgan fingerprint density at radius 1 is 1.04 bits per heavy atom. The van der Waals surface area contributed by atoms with Gasteiger partial charge in [-0.2, -0.15) is 0 Å². The summed E-state index contributed by atoms with van der Waals surface area (Å²) in [6.07, 6.45) is 1.45. The van der Waals surface area contributed by atoms with Gasteiger partial charge in [0.05, 0.1) is 6.61 Å². The molecule has 0 fully saturated rings. The summed E-state index contributed by atoms with van der Waals surface area (Å²) in [5, 5.41) is 9.75. The van der Waals surface area contributed by atoms with Gasteiger partial charge in [-0.1, -0.05) is 42.5 Å². The van der Waals surface area contributed by atoms with Gasteiger partial charge in [0.1, 0.15) is 5.56 Å². The van der Waals surface area contributed by atoms with Gasteiger partial charge in [-0.3, -0.25) is 9.59 Å². The molecule has 0 aliphatic rings. The van der Waals surface area contributed by atoms with E-state index in [2.05, 4.69) is 4.98 Å². The molecule has 0 atom stereocenters. The summed E-state index contributed by atoms with van der Waals surface area (Å²) in [6.45, 7) is 0.344. The minimum absolute atomic E-state index is 0.0816. The van der Waals surface area contributed by atoms with Gasteiger partial charge in [0, 0.05) is 30.2 Å². The van der Waals surface area contributed by atoms with Crippen LogP contribution in [0.3, 0.4) is 0 Å². The first kappa shape index (κ1) is 16.0. The molecule has 122 valence electrons. The zero-order chi connectivity index (χ0) is 16.9.